The first-order valence-electron chi connectivity index (χ1n) is 5.97. The van der Waals surface area contributed by atoms with E-state index >= 15 is 0 Å². The van der Waals surface area contributed by atoms with Gasteiger partial charge in [-0.05, 0) is 37.1 Å². The number of hydrogen-bond acceptors (Lipinski definition) is 3. The van der Waals surface area contributed by atoms with E-state index in [1.54, 1.807) is 7.11 Å². The minimum atomic E-state index is -0.462. The smallest absolute Gasteiger partial charge is 0.120 e. The van der Waals surface area contributed by atoms with Crippen LogP contribution in [0.25, 0.3) is 0 Å². The highest BCUT2D eigenvalue weighted by Crippen LogP contribution is 2.31. The fourth-order valence-corrected chi connectivity index (χ4v) is 2.83. The number of aliphatic hydroxyl groups is 1. The number of rotatable bonds is 3. The molecular formula is C13H18BrNO2. The largest absolute Gasteiger partial charge is 0.497 e. The number of ether oxygens (including phenoxy) is 1. The van der Waals surface area contributed by atoms with Gasteiger partial charge < -0.3 is 15.2 Å². The van der Waals surface area contributed by atoms with Crippen LogP contribution in [0.1, 0.15) is 30.9 Å². The molecule has 1 aliphatic rings. The lowest BCUT2D eigenvalue weighted by atomic mass is 9.95. The van der Waals surface area contributed by atoms with Crippen LogP contribution in [0.4, 0.5) is 0 Å². The Morgan fingerprint density at radius 2 is 2.29 bits per heavy atom. The van der Waals surface area contributed by atoms with Gasteiger partial charge in [-0.3, -0.25) is 0 Å². The van der Waals surface area contributed by atoms with E-state index in [9.17, 15) is 5.11 Å². The number of aliphatic hydroxyl groups excluding tert-OH is 1. The number of nitrogens with one attached hydrogen (secondary N) is 1. The van der Waals surface area contributed by atoms with Crippen molar-refractivity contribution >= 4 is 15.9 Å². The van der Waals surface area contributed by atoms with Gasteiger partial charge in [0.15, 0.2) is 0 Å². The Labute approximate surface area is 110 Å². The first kappa shape index (κ1) is 12.9. The Hall–Kier alpha value is -0.580. The molecule has 0 spiro atoms. The molecule has 1 aromatic carbocycles. The Morgan fingerprint density at radius 1 is 1.47 bits per heavy atom. The number of halogens is 1. The van der Waals surface area contributed by atoms with Crippen molar-refractivity contribution in [2.24, 2.45) is 0 Å². The Balaban J connectivity index is 2.15. The number of benzene rings is 1. The van der Waals surface area contributed by atoms with Gasteiger partial charge in [-0.1, -0.05) is 28.4 Å². The molecule has 0 amide bonds. The summed E-state index contributed by atoms with van der Waals surface area (Å²) in [7, 11) is 1.64. The maximum atomic E-state index is 10.4. The maximum absolute atomic E-state index is 10.4. The third-order valence-electron chi connectivity index (χ3n) is 3.26. The van der Waals surface area contributed by atoms with Gasteiger partial charge >= 0.3 is 0 Å². The average Bonchev–Trinajstić information content (AvgIpc) is 2.39. The third kappa shape index (κ3) is 3.00. The van der Waals surface area contributed by atoms with E-state index in [-0.39, 0.29) is 6.04 Å². The first-order valence-corrected chi connectivity index (χ1v) is 6.76. The topological polar surface area (TPSA) is 41.5 Å². The van der Waals surface area contributed by atoms with Gasteiger partial charge in [0, 0.05) is 10.5 Å². The molecule has 2 unspecified atom stereocenters. The average molecular weight is 300 g/mol. The molecule has 0 aliphatic carbocycles. The van der Waals surface area contributed by atoms with Gasteiger partial charge in [-0.25, -0.2) is 0 Å². The Kier molecular flexibility index (Phi) is 4.42. The molecule has 17 heavy (non-hydrogen) atoms. The minimum absolute atomic E-state index is 0.161. The molecule has 0 aromatic heterocycles. The molecule has 0 bridgehead atoms. The van der Waals surface area contributed by atoms with Crippen molar-refractivity contribution in [3.05, 3.63) is 28.2 Å². The second kappa shape index (κ2) is 5.85. The van der Waals surface area contributed by atoms with Crippen molar-refractivity contribution in [2.75, 3.05) is 13.7 Å². The summed E-state index contributed by atoms with van der Waals surface area (Å²) in [4.78, 5) is 0. The van der Waals surface area contributed by atoms with E-state index in [4.69, 9.17) is 4.74 Å². The van der Waals surface area contributed by atoms with Gasteiger partial charge in [0.05, 0.1) is 13.2 Å². The van der Waals surface area contributed by atoms with E-state index in [1.165, 1.54) is 12.8 Å². The fourth-order valence-electron chi connectivity index (χ4n) is 2.24. The second-order valence-corrected chi connectivity index (χ2v) is 5.24. The fraction of sp³-hybridized carbons (Fsp3) is 0.538. The number of piperidine rings is 1. The minimum Gasteiger partial charge on any atom is -0.497 e. The van der Waals surface area contributed by atoms with E-state index in [0.29, 0.717) is 0 Å². The van der Waals surface area contributed by atoms with Gasteiger partial charge in [-0.2, -0.15) is 0 Å². The quantitative estimate of drug-likeness (QED) is 0.901. The summed E-state index contributed by atoms with van der Waals surface area (Å²) in [5, 5.41) is 13.7. The van der Waals surface area contributed by atoms with Crippen molar-refractivity contribution in [3.8, 4) is 5.75 Å². The highest BCUT2D eigenvalue weighted by atomic mass is 79.9. The summed E-state index contributed by atoms with van der Waals surface area (Å²) in [5.74, 6) is 0.796. The molecule has 94 valence electrons. The van der Waals surface area contributed by atoms with Crippen LogP contribution in [0.3, 0.4) is 0 Å². The summed E-state index contributed by atoms with van der Waals surface area (Å²) >= 11 is 3.49. The molecular weight excluding hydrogens is 282 g/mol. The van der Waals surface area contributed by atoms with E-state index in [0.717, 1.165) is 28.8 Å². The summed E-state index contributed by atoms with van der Waals surface area (Å²) < 4.78 is 6.05. The molecule has 0 saturated carbocycles. The second-order valence-electron chi connectivity index (χ2n) is 4.39. The van der Waals surface area contributed by atoms with Crippen LogP contribution in [0.2, 0.25) is 0 Å². The van der Waals surface area contributed by atoms with Crippen LogP contribution in [0, 0.1) is 0 Å². The van der Waals surface area contributed by atoms with Crippen LogP contribution >= 0.6 is 15.9 Å². The standard InChI is InChI=1S/C13H18BrNO2/c1-17-9-5-6-10(11(14)8-9)13(16)12-4-2-3-7-15-12/h5-6,8,12-13,15-16H,2-4,7H2,1H3. The normalized spacial score (nSPS) is 22.2. The maximum Gasteiger partial charge on any atom is 0.120 e. The Bertz CT molecular complexity index is 378. The summed E-state index contributed by atoms with van der Waals surface area (Å²) in [5.41, 5.74) is 0.921. The zero-order valence-electron chi connectivity index (χ0n) is 9.95. The van der Waals surface area contributed by atoms with Crippen molar-refractivity contribution in [2.45, 2.75) is 31.4 Å². The lowest BCUT2D eigenvalue weighted by Gasteiger charge is -2.28. The van der Waals surface area contributed by atoms with E-state index in [1.807, 2.05) is 18.2 Å². The lowest BCUT2D eigenvalue weighted by Crippen LogP contribution is -2.38. The monoisotopic (exact) mass is 299 g/mol. The Morgan fingerprint density at radius 3 is 2.88 bits per heavy atom. The van der Waals surface area contributed by atoms with Crippen LogP contribution in [0.15, 0.2) is 22.7 Å². The highest BCUT2D eigenvalue weighted by molar-refractivity contribution is 9.10. The van der Waals surface area contributed by atoms with Crippen molar-refractivity contribution in [1.29, 1.82) is 0 Å². The molecule has 3 nitrogen and oxygen atoms in total. The molecule has 0 radical (unpaired) electrons. The van der Waals surface area contributed by atoms with Gasteiger partial charge in [0.25, 0.3) is 0 Å². The molecule has 2 N–H and O–H groups in total. The molecule has 1 heterocycles. The molecule has 1 fully saturated rings. The van der Waals surface area contributed by atoms with Crippen molar-refractivity contribution in [1.82, 2.24) is 5.32 Å². The first-order chi connectivity index (χ1) is 8.22. The van der Waals surface area contributed by atoms with Gasteiger partial charge in [0.1, 0.15) is 5.75 Å². The van der Waals surface area contributed by atoms with Gasteiger partial charge in [0.2, 0.25) is 0 Å². The SMILES string of the molecule is COc1ccc(C(O)C2CCCCN2)c(Br)c1. The van der Waals surface area contributed by atoms with Crippen molar-refractivity contribution < 1.29 is 9.84 Å². The predicted molar refractivity (Wildman–Crippen MR) is 71.3 cm³/mol. The molecule has 2 atom stereocenters. The van der Waals surface area contributed by atoms with Crippen molar-refractivity contribution in [3.63, 3.8) is 0 Å². The number of hydrogen-bond donors (Lipinski definition) is 2. The number of methoxy groups -OCH3 is 1. The summed E-state index contributed by atoms with van der Waals surface area (Å²) in [6, 6.07) is 5.85. The summed E-state index contributed by atoms with van der Waals surface area (Å²) in [6.07, 6.45) is 2.95. The molecule has 4 heteroatoms. The lowest BCUT2D eigenvalue weighted by molar-refractivity contribution is 0.113. The predicted octanol–water partition coefficient (Wildman–Crippen LogP) is 2.63. The molecule has 1 aliphatic heterocycles. The highest BCUT2D eigenvalue weighted by Gasteiger charge is 2.24. The molecule has 1 saturated heterocycles. The van der Waals surface area contributed by atoms with Gasteiger partial charge in [-0.15, -0.1) is 0 Å². The zero-order valence-corrected chi connectivity index (χ0v) is 11.5. The van der Waals surface area contributed by atoms with Crippen LogP contribution in [-0.4, -0.2) is 24.8 Å². The van der Waals surface area contributed by atoms with Crippen LogP contribution in [-0.2, 0) is 0 Å². The van der Waals surface area contributed by atoms with Crippen LogP contribution < -0.4 is 10.1 Å². The van der Waals surface area contributed by atoms with E-state index in [2.05, 4.69) is 21.2 Å². The third-order valence-corrected chi connectivity index (χ3v) is 3.94. The van der Waals surface area contributed by atoms with Crippen LogP contribution in [0.5, 0.6) is 5.75 Å². The molecule has 2 rings (SSSR count). The molecule has 1 aromatic rings. The zero-order chi connectivity index (χ0) is 12.3. The van der Waals surface area contributed by atoms with E-state index < -0.39 is 6.10 Å². The summed E-state index contributed by atoms with van der Waals surface area (Å²) in [6.45, 7) is 0.996.